The average Bonchev–Trinajstić information content (AvgIpc) is 2.31. The van der Waals surface area contributed by atoms with E-state index in [-0.39, 0.29) is 18.4 Å². The Morgan fingerprint density at radius 2 is 1.72 bits per heavy atom. The first kappa shape index (κ1) is 12.6. The van der Waals surface area contributed by atoms with Crippen molar-refractivity contribution >= 4 is 17.3 Å². The lowest BCUT2D eigenvalue weighted by Gasteiger charge is -2.32. The summed E-state index contributed by atoms with van der Waals surface area (Å²) in [6.07, 6.45) is 0.709. The molecule has 0 N–H and O–H groups in total. The molecule has 2 rings (SSSR count). The van der Waals surface area contributed by atoms with Crippen LogP contribution in [0.5, 0.6) is 0 Å². The van der Waals surface area contributed by atoms with Crippen LogP contribution in [0.2, 0.25) is 0 Å². The topological polar surface area (TPSA) is 51.2 Å². The van der Waals surface area contributed by atoms with Gasteiger partial charge in [0.2, 0.25) is 0 Å². The lowest BCUT2D eigenvalue weighted by atomic mass is 9.65. The van der Waals surface area contributed by atoms with E-state index in [4.69, 9.17) is 0 Å². The summed E-state index contributed by atoms with van der Waals surface area (Å²) in [7, 11) is 0. The van der Waals surface area contributed by atoms with Crippen molar-refractivity contribution < 1.29 is 18.8 Å². The zero-order chi connectivity index (χ0) is 13.3. The van der Waals surface area contributed by atoms with Crippen LogP contribution in [0.4, 0.5) is 4.39 Å². The van der Waals surface area contributed by atoms with Crippen LogP contribution in [0.1, 0.15) is 31.7 Å². The zero-order valence-electron chi connectivity index (χ0n) is 10.0. The molecule has 18 heavy (non-hydrogen) atoms. The molecule has 0 unspecified atom stereocenters. The molecule has 1 saturated carbocycles. The summed E-state index contributed by atoms with van der Waals surface area (Å²) in [4.78, 5) is 36.1. The fourth-order valence-electron chi connectivity index (χ4n) is 2.59. The van der Waals surface area contributed by atoms with Gasteiger partial charge in [-0.2, -0.15) is 0 Å². The molecule has 0 heterocycles. The lowest BCUT2D eigenvalue weighted by Crippen LogP contribution is -2.52. The van der Waals surface area contributed by atoms with Crippen LogP contribution in [0.15, 0.2) is 24.3 Å². The highest BCUT2D eigenvalue weighted by Gasteiger charge is 2.53. The molecule has 0 saturated heterocycles. The third kappa shape index (κ3) is 1.60. The number of carbonyl (C=O) groups is 3. The van der Waals surface area contributed by atoms with Gasteiger partial charge < -0.3 is 0 Å². The van der Waals surface area contributed by atoms with Crippen molar-refractivity contribution in [1.82, 2.24) is 0 Å². The molecule has 1 aliphatic rings. The van der Waals surface area contributed by atoms with E-state index >= 15 is 0 Å². The predicted octanol–water partition coefficient (Wildman–Crippen LogP) is 1.97. The summed E-state index contributed by atoms with van der Waals surface area (Å²) in [5.41, 5.74) is -2.02. The van der Waals surface area contributed by atoms with Gasteiger partial charge in [-0.1, -0.05) is 18.2 Å². The lowest BCUT2D eigenvalue weighted by molar-refractivity contribution is -0.144. The molecule has 0 radical (unpaired) electrons. The van der Waals surface area contributed by atoms with Crippen LogP contribution in [0, 0.1) is 5.82 Å². The van der Waals surface area contributed by atoms with E-state index in [1.807, 2.05) is 0 Å². The summed E-state index contributed by atoms with van der Waals surface area (Å²) in [6.45, 7) is 1.17. The second-order valence-electron chi connectivity index (χ2n) is 4.49. The van der Waals surface area contributed by atoms with Crippen LogP contribution in [0.25, 0.3) is 0 Å². The molecule has 3 nitrogen and oxygen atoms in total. The quantitative estimate of drug-likeness (QED) is 0.752. The Morgan fingerprint density at radius 3 is 2.22 bits per heavy atom. The number of Topliss-reactive ketones (excluding diaryl/α,β-unsaturated/α-hetero) is 3. The Labute approximate surface area is 104 Å². The van der Waals surface area contributed by atoms with Gasteiger partial charge in [-0.15, -0.1) is 0 Å². The molecule has 0 amide bonds. The van der Waals surface area contributed by atoms with Crippen LogP contribution in [-0.2, 0) is 19.8 Å². The number of hydrogen-bond donors (Lipinski definition) is 0. The Morgan fingerprint density at radius 1 is 1.17 bits per heavy atom. The van der Waals surface area contributed by atoms with Crippen molar-refractivity contribution in [2.75, 3.05) is 0 Å². The third-order valence-electron chi connectivity index (χ3n) is 3.45. The van der Waals surface area contributed by atoms with Crippen molar-refractivity contribution in [3.8, 4) is 0 Å². The zero-order valence-corrected chi connectivity index (χ0v) is 10.0. The van der Waals surface area contributed by atoms with Gasteiger partial charge in [0.25, 0.3) is 0 Å². The fraction of sp³-hybridized carbons (Fsp3) is 0.357. The van der Waals surface area contributed by atoms with Gasteiger partial charge in [-0.05, 0) is 19.4 Å². The highest BCUT2D eigenvalue weighted by Crippen LogP contribution is 2.36. The molecule has 0 atom stereocenters. The Bertz CT molecular complexity index is 518. The summed E-state index contributed by atoms with van der Waals surface area (Å²) < 4.78 is 13.9. The molecular weight excluding hydrogens is 235 g/mol. The minimum atomic E-state index is -1.91. The monoisotopic (exact) mass is 248 g/mol. The first-order valence-corrected chi connectivity index (χ1v) is 5.84. The largest absolute Gasteiger partial charge is 0.298 e. The average molecular weight is 248 g/mol. The van der Waals surface area contributed by atoms with Crippen molar-refractivity contribution in [1.29, 1.82) is 0 Å². The van der Waals surface area contributed by atoms with E-state index in [0.717, 1.165) is 6.07 Å². The molecule has 1 aromatic rings. The second-order valence-corrected chi connectivity index (χ2v) is 4.49. The van der Waals surface area contributed by atoms with Crippen molar-refractivity contribution in [3.63, 3.8) is 0 Å². The van der Waals surface area contributed by atoms with Crippen LogP contribution in [0.3, 0.4) is 0 Å². The molecule has 1 fully saturated rings. The molecule has 1 aromatic carbocycles. The van der Waals surface area contributed by atoms with Gasteiger partial charge in [-0.3, -0.25) is 14.4 Å². The summed E-state index contributed by atoms with van der Waals surface area (Å²) in [5, 5.41) is 0. The molecule has 1 aliphatic carbocycles. The minimum absolute atomic E-state index is 0.104. The molecule has 94 valence electrons. The van der Waals surface area contributed by atoms with Crippen molar-refractivity contribution in [3.05, 3.63) is 35.6 Å². The number of hydrogen-bond acceptors (Lipinski definition) is 3. The van der Waals surface area contributed by atoms with Crippen molar-refractivity contribution in [2.45, 2.75) is 31.6 Å². The van der Waals surface area contributed by atoms with Gasteiger partial charge >= 0.3 is 0 Å². The van der Waals surface area contributed by atoms with Crippen molar-refractivity contribution in [2.24, 2.45) is 0 Å². The predicted molar refractivity (Wildman–Crippen MR) is 62.6 cm³/mol. The number of benzene rings is 1. The van der Waals surface area contributed by atoms with Gasteiger partial charge in [0.1, 0.15) is 5.82 Å². The first-order valence-electron chi connectivity index (χ1n) is 5.84. The van der Waals surface area contributed by atoms with Crippen LogP contribution in [-0.4, -0.2) is 17.3 Å². The Balaban J connectivity index is 2.71. The van der Waals surface area contributed by atoms with E-state index in [1.165, 1.54) is 25.1 Å². The van der Waals surface area contributed by atoms with E-state index in [2.05, 4.69) is 0 Å². The molecule has 0 aliphatic heterocycles. The van der Waals surface area contributed by atoms with Gasteiger partial charge in [-0.25, -0.2) is 4.39 Å². The molecular formula is C14H13FO3. The molecule has 0 aromatic heterocycles. The minimum Gasteiger partial charge on any atom is -0.298 e. The van der Waals surface area contributed by atoms with Crippen LogP contribution >= 0.6 is 0 Å². The number of rotatable bonds is 2. The molecule has 0 spiro atoms. The van der Waals surface area contributed by atoms with E-state index < -0.39 is 28.6 Å². The molecule has 4 heteroatoms. The van der Waals surface area contributed by atoms with E-state index in [0.29, 0.717) is 6.42 Å². The Hall–Kier alpha value is -1.84. The summed E-state index contributed by atoms with van der Waals surface area (Å²) >= 11 is 0. The SMILES string of the molecule is CC(=O)C1(c2ccccc2F)C(=O)CCCC1=O. The maximum absolute atomic E-state index is 13.9. The van der Waals surface area contributed by atoms with Gasteiger partial charge in [0, 0.05) is 18.4 Å². The number of halogens is 1. The van der Waals surface area contributed by atoms with Gasteiger partial charge in [0.05, 0.1) is 0 Å². The Kier molecular flexibility index (Phi) is 3.11. The number of ketones is 3. The smallest absolute Gasteiger partial charge is 0.173 e. The number of carbonyl (C=O) groups excluding carboxylic acids is 3. The first-order chi connectivity index (χ1) is 8.51. The highest BCUT2D eigenvalue weighted by atomic mass is 19.1. The third-order valence-corrected chi connectivity index (χ3v) is 3.45. The second kappa shape index (κ2) is 4.44. The maximum atomic E-state index is 13.9. The van der Waals surface area contributed by atoms with Crippen LogP contribution < -0.4 is 0 Å². The normalized spacial score (nSPS) is 18.8. The summed E-state index contributed by atoms with van der Waals surface area (Å²) in [5.74, 6) is -2.26. The summed E-state index contributed by atoms with van der Waals surface area (Å²) in [6, 6.07) is 5.50. The standard InChI is InChI=1S/C14H13FO3/c1-9(16)14(10-5-2-3-6-11(10)15)12(17)7-4-8-13(14)18/h2-3,5-6H,4,7-8H2,1H3. The highest BCUT2D eigenvalue weighted by molar-refractivity contribution is 6.30. The van der Waals surface area contributed by atoms with E-state index in [9.17, 15) is 18.8 Å². The maximum Gasteiger partial charge on any atom is 0.173 e. The van der Waals surface area contributed by atoms with Gasteiger partial charge in [0.15, 0.2) is 22.8 Å². The van der Waals surface area contributed by atoms with E-state index in [1.54, 1.807) is 0 Å². The molecule has 0 bridgehead atoms. The fourth-order valence-corrected chi connectivity index (χ4v) is 2.59.